The third-order valence-electron chi connectivity index (χ3n) is 2.83. The fraction of sp³-hybridized carbons (Fsp3) is 0.294. The summed E-state index contributed by atoms with van der Waals surface area (Å²) >= 11 is 0. The van der Waals surface area contributed by atoms with E-state index in [0.717, 1.165) is 12.8 Å². The van der Waals surface area contributed by atoms with E-state index in [9.17, 15) is 9.59 Å². The predicted octanol–water partition coefficient (Wildman–Crippen LogP) is 2.99. The molecule has 0 saturated heterocycles. The fourth-order valence-corrected chi connectivity index (χ4v) is 1.69. The van der Waals surface area contributed by atoms with Crippen LogP contribution in [0.3, 0.4) is 0 Å². The van der Waals surface area contributed by atoms with Gasteiger partial charge in [-0.3, -0.25) is 4.79 Å². The zero-order valence-electron chi connectivity index (χ0n) is 11.8. The maximum atomic E-state index is 11.2. The molecule has 0 fully saturated rings. The van der Waals surface area contributed by atoms with E-state index in [1.54, 1.807) is 0 Å². The summed E-state index contributed by atoms with van der Waals surface area (Å²) in [6.45, 7) is 2.22. The first-order chi connectivity index (χ1) is 9.72. The Balaban J connectivity index is 2.24. The molecule has 1 N–H and O–H groups in total. The monoisotopic (exact) mass is 271 g/mol. The van der Waals surface area contributed by atoms with E-state index in [1.165, 1.54) is 11.6 Å². The van der Waals surface area contributed by atoms with Gasteiger partial charge in [-0.15, -0.1) is 0 Å². The molecule has 20 heavy (non-hydrogen) atoms. The Morgan fingerprint density at radius 3 is 2.75 bits per heavy atom. The van der Waals surface area contributed by atoms with Crippen LogP contribution in [-0.4, -0.2) is 18.7 Å². The fourth-order valence-electron chi connectivity index (χ4n) is 1.69. The number of benzene rings is 1. The summed E-state index contributed by atoms with van der Waals surface area (Å²) in [5.41, 5.74) is 1.20. The van der Waals surface area contributed by atoms with Crippen molar-refractivity contribution in [2.75, 3.05) is 6.54 Å². The Bertz CT molecular complexity index is 463. The summed E-state index contributed by atoms with van der Waals surface area (Å²) in [5, 5.41) is 2.46. The lowest BCUT2D eigenvalue weighted by molar-refractivity contribution is -0.118. The number of allylic oxidation sites excluding steroid dienone is 2. The predicted molar refractivity (Wildman–Crippen MR) is 82.1 cm³/mol. The van der Waals surface area contributed by atoms with Crippen LogP contribution in [0.15, 0.2) is 48.6 Å². The molecule has 0 aromatic heterocycles. The first-order valence-corrected chi connectivity index (χ1v) is 6.83. The van der Waals surface area contributed by atoms with Crippen LogP contribution < -0.4 is 5.32 Å². The average molecular weight is 271 g/mol. The minimum atomic E-state index is -0.218. The molecule has 1 rings (SSSR count). The summed E-state index contributed by atoms with van der Waals surface area (Å²) in [7, 11) is 0. The number of hydrogen-bond acceptors (Lipinski definition) is 2. The van der Waals surface area contributed by atoms with Gasteiger partial charge >= 0.3 is 0 Å². The Hall–Kier alpha value is -2.16. The van der Waals surface area contributed by atoms with Crippen molar-refractivity contribution >= 4 is 18.3 Å². The summed E-state index contributed by atoms with van der Waals surface area (Å²) in [6, 6.07) is 10.2. The van der Waals surface area contributed by atoms with Gasteiger partial charge in [-0.2, -0.15) is 0 Å². The van der Waals surface area contributed by atoms with Gasteiger partial charge < -0.3 is 10.1 Å². The van der Waals surface area contributed by atoms with Crippen LogP contribution >= 0.6 is 0 Å². The van der Waals surface area contributed by atoms with Crippen LogP contribution in [0, 0.1) is 5.92 Å². The van der Waals surface area contributed by atoms with E-state index in [-0.39, 0.29) is 12.5 Å². The Labute approximate surface area is 120 Å². The van der Waals surface area contributed by atoms with Crippen molar-refractivity contribution in [2.45, 2.75) is 19.8 Å². The van der Waals surface area contributed by atoms with E-state index >= 15 is 0 Å². The molecular weight excluding hydrogens is 250 g/mol. The first-order valence-electron chi connectivity index (χ1n) is 6.83. The normalized spacial score (nSPS) is 12.7. The van der Waals surface area contributed by atoms with Crippen molar-refractivity contribution in [1.29, 1.82) is 0 Å². The largest absolute Gasteiger partial charge is 0.346 e. The molecule has 0 bridgehead atoms. The van der Waals surface area contributed by atoms with Gasteiger partial charge in [0, 0.05) is 0 Å². The summed E-state index contributed by atoms with van der Waals surface area (Å²) in [6.07, 6.45) is 10.1. The highest BCUT2D eigenvalue weighted by Crippen LogP contribution is 2.10. The molecule has 0 aliphatic heterocycles. The molecule has 0 radical (unpaired) electrons. The van der Waals surface area contributed by atoms with E-state index in [2.05, 4.69) is 36.5 Å². The van der Waals surface area contributed by atoms with Crippen LogP contribution in [0.1, 0.15) is 25.3 Å². The highest BCUT2D eigenvalue weighted by atomic mass is 16.2. The molecule has 0 heterocycles. The molecule has 0 spiro atoms. The standard InChI is InChI=1S/C17H21NO2/c1-15(11-12-16-8-3-2-4-9-16)7-5-6-10-17(20)18-13-14-19/h2-4,6,8-12,14-15H,5,7,13H2,1H3,(H,18,20)/b10-6+,12-11+. The molecule has 1 aromatic carbocycles. The third kappa shape index (κ3) is 7.31. The van der Waals surface area contributed by atoms with Crippen molar-refractivity contribution in [3.63, 3.8) is 0 Å². The number of rotatable bonds is 8. The maximum Gasteiger partial charge on any atom is 0.244 e. The molecule has 1 amide bonds. The zero-order chi connectivity index (χ0) is 14.6. The van der Waals surface area contributed by atoms with Gasteiger partial charge in [0.05, 0.1) is 6.54 Å². The number of aldehydes is 1. The zero-order valence-corrected chi connectivity index (χ0v) is 11.8. The lowest BCUT2D eigenvalue weighted by Crippen LogP contribution is -2.22. The lowest BCUT2D eigenvalue weighted by Gasteiger charge is -2.03. The lowest BCUT2D eigenvalue weighted by atomic mass is 10.0. The molecule has 3 heteroatoms. The number of nitrogens with one attached hydrogen (secondary N) is 1. The van der Waals surface area contributed by atoms with Gasteiger partial charge in [0.1, 0.15) is 6.29 Å². The number of carbonyl (C=O) groups is 2. The molecular formula is C17H21NO2. The van der Waals surface area contributed by atoms with Crippen molar-refractivity contribution in [3.05, 3.63) is 54.1 Å². The molecule has 0 aliphatic rings. The van der Waals surface area contributed by atoms with Gasteiger partial charge in [0.25, 0.3) is 0 Å². The van der Waals surface area contributed by atoms with Gasteiger partial charge in [-0.25, -0.2) is 0 Å². The Morgan fingerprint density at radius 1 is 1.30 bits per heavy atom. The van der Waals surface area contributed by atoms with Crippen LogP contribution in [0.2, 0.25) is 0 Å². The van der Waals surface area contributed by atoms with Crippen LogP contribution in [0.25, 0.3) is 6.08 Å². The van der Waals surface area contributed by atoms with Crippen molar-refractivity contribution in [1.82, 2.24) is 5.32 Å². The second-order valence-corrected chi connectivity index (χ2v) is 4.64. The molecule has 3 nitrogen and oxygen atoms in total. The minimum Gasteiger partial charge on any atom is -0.346 e. The smallest absolute Gasteiger partial charge is 0.244 e. The first kappa shape index (κ1) is 15.9. The average Bonchev–Trinajstić information content (AvgIpc) is 2.48. The van der Waals surface area contributed by atoms with Gasteiger partial charge in [-0.1, -0.05) is 55.5 Å². The third-order valence-corrected chi connectivity index (χ3v) is 2.83. The molecule has 1 unspecified atom stereocenters. The highest BCUT2D eigenvalue weighted by molar-refractivity contribution is 5.88. The van der Waals surface area contributed by atoms with Crippen molar-refractivity contribution in [3.8, 4) is 0 Å². The SMILES string of the molecule is CC(/C=C/c1ccccc1)CC/C=C/C(=O)NCC=O. The van der Waals surface area contributed by atoms with E-state index in [4.69, 9.17) is 0 Å². The number of amides is 1. The minimum absolute atomic E-state index is 0.0688. The quantitative estimate of drug-likeness (QED) is 0.583. The van der Waals surface area contributed by atoms with Crippen LogP contribution in [0.4, 0.5) is 0 Å². The molecule has 1 atom stereocenters. The Kier molecular flexibility index (Phi) is 7.73. The second-order valence-electron chi connectivity index (χ2n) is 4.64. The molecule has 0 saturated carbocycles. The van der Waals surface area contributed by atoms with Crippen molar-refractivity contribution in [2.24, 2.45) is 5.92 Å². The Morgan fingerprint density at radius 2 is 2.05 bits per heavy atom. The van der Waals surface area contributed by atoms with Crippen LogP contribution in [-0.2, 0) is 9.59 Å². The van der Waals surface area contributed by atoms with Gasteiger partial charge in [0.15, 0.2) is 0 Å². The summed E-state index contributed by atoms with van der Waals surface area (Å²) in [5.74, 6) is 0.238. The molecule has 1 aromatic rings. The van der Waals surface area contributed by atoms with Crippen molar-refractivity contribution < 1.29 is 9.59 Å². The number of carbonyl (C=O) groups excluding carboxylic acids is 2. The van der Waals surface area contributed by atoms with E-state index in [0.29, 0.717) is 12.2 Å². The van der Waals surface area contributed by atoms with E-state index < -0.39 is 0 Å². The van der Waals surface area contributed by atoms with Gasteiger partial charge in [0.2, 0.25) is 5.91 Å². The molecule has 0 aliphatic carbocycles. The maximum absolute atomic E-state index is 11.2. The van der Waals surface area contributed by atoms with Crippen LogP contribution in [0.5, 0.6) is 0 Å². The van der Waals surface area contributed by atoms with Gasteiger partial charge in [-0.05, 0) is 30.4 Å². The summed E-state index contributed by atoms with van der Waals surface area (Å²) in [4.78, 5) is 21.3. The molecule has 106 valence electrons. The summed E-state index contributed by atoms with van der Waals surface area (Å²) < 4.78 is 0. The number of hydrogen-bond donors (Lipinski definition) is 1. The van der Waals surface area contributed by atoms with E-state index in [1.807, 2.05) is 24.3 Å². The topological polar surface area (TPSA) is 46.2 Å². The second kappa shape index (κ2) is 9.73. The highest BCUT2D eigenvalue weighted by Gasteiger charge is 1.96.